The summed E-state index contributed by atoms with van der Waals surface area (Å²) in [5.41, 5.74) is -0.380. The average molecular weight is 295 g/mol. The van der Waals surface area contributed by atoms with Crippen LogP contribution in [0.3, 0.4) is 0 Å². The minimum absolute atomic E-state index is 0.178. The first kappa shape index (κ1) is 11.6. The van der Waals surface area contributed by atoms with Crippen molar-refractivity contribution in [2.24, 2.45) is 0 Å². The monoisotopic (exact) mass is 294 g/mol. The van der Waals surface area contributed by atoms with E-state index in [9.17, 15) is 9.59 Å². The second-order valence-corrected chi connectivity index (χ2v) is 4.38. The third kappa shape index (κ3) is 2.01. The van der Waals surface area contributed by atoms with Gasteiger partial charge in [-0.2, -0.15) is 0 Å². The molecule has 17 heavy (non-hydrogen) atoms. The Morgan fingerprint density at radius 1 is 1.00 bits per heavy atom. The van der Waals surface area contributed by atoms with Gasteiger partial charge in [-0.25, -0.2) is 9.59 Å². The summed E-state index contributed by atoms with van der Waals surface area (Å²) < 4.78 is 0.810. The van der Waals surface area contributed by atoms with Crippen LogP contribution in [0.4, 0.5) is 0 Å². The van der Waals surface area contributed by atoms with Crippen molar-refractivity contribution in [2.75, 3.05) is 0 Å². The summed E-state index contributed by atoms with van der Waals surface area (Å²) in [6.07, 6.45) is 0. The Kier molecular flexibility index (Phi) is 2.85. The van der Waals surface area contributed by atoms with Crippen molar-refractivity contribution < 1.29 is 19.8 Å². The third-order valence-electron chi connectivity index (χ3n) is 2.43. The lowest BCUT2D eigenvalue weighted by atomic mass is 9.99. The highest BCUT2D eigenvalue weighted by Gasteiger charge is 2.18. The molecule has 0 aliphatic heterocycles. The maximum absolute atomic E-state index is 11.2. The van der Waals surface area contributed by atoms with E-state index in [1.54, 1.807) is 24.3 Å². The fourth-order valence-electron chi connectivity index (χ4n) is 1.71. The van der Waals surface area contributed by atoms with E-state index in [1.165, 1.54) is 6.07 Å². The van der Waals surface area contributed by atoms with Crippen molar-refractivity contribution in [1.29, 1.82) is 0 Å². The van der Waals surface area contributed by atoms with E-state index in [0.717, 1.165) is 4.47 Å². The van der Waals surface area contributed by atoms with E-state index < -0.39 is 11.9 Å². The van der Waals surface area contributed by atoms with E-state index in [2.05, 4.69) is 15.9 Å². The zero-order valence-electron chi connectivity index (χ0n) is 8.48. The van der Waals surface area contributed by atoms with Crippen LogP contribution in [-0.2, 0) is 0 Å². The molecule has 0 aromatic heterocycles. The molecule has 5 heteroatoms. The number of hydrogen-bond acceptors (Lipinski definition) is 2. The predicted octanol–water partition coefficient (Wildman–Crippen LogP) is 3.00. The summed E-state index contributed by atoms with van der Waals surface area (Å²) in [7, 11) is 0. The fourth-order valence-corrected chi connectivity index (χ4v) is 2.09. The number of carboxylic acid groups (broad SMARTS) is 2. The largest absolute Gasteiger partial charge is 0.478 e. The van der Waals surface area contributed by atoms with Crippen molar-refractivity contribution in [3.8, 4) is 0 Å². The average Bonchev–Trinajstić information content (AvgIpc) is 2.26. The molecule has 0 unspecified atom stereocenters. The Bertz CT molecular complexity index is 634. The molecule has 2 aromatic rings. The maximum Gasteiger partial charge on any atom is 0.337 e. The molecule has 4 nitrogen and oxygen atoms in total. The van der Waals surface area contributed by atoms with Gasteiger partial charge in [-0.3, -0.25) is 0 Å². The van der Waals surface area contributed by atoms with Crippen molar-refractivity contribution in [1.82, 2.24) is 0 Å². The van der Waals surface area contributed by atoms with Crippen molar-refractivity contribution >= 4 is 38.6 Å². The summed E-state index contributed by atoms with van der Waals surface area (Å²) in [5.74, 6) is -2.48. The van der Waals surface area contributed by atoms with Gasteiger partial charge in [-0.15, -0.1) is 0 Å². The van der Waals surface area contributed by atoms with Gasteiger partial charge in [0.05, 0.1) is 11.1 Å². The summed E-state index contributed by atoms with van der Waals surface area (Å²) in [6, 6.07) is 7.92. The number of rotatable bonds is 2. The van der Waals surface area contributed by atoms with Gasteiger partial charge >= 0.3 is 11.9 Å². The first-order valence-electron chi connectivity index (χ1n) is 4.69. The highest BCUT2D eigenvalue weighted by atomic mass is 79.9. The van der Waals surface area contributed by atoms with Gasteiger partial charge in [0, 0.05) is 4.47 Å². The molecule has 0 fully saturated rings. The van der Waals surface area contributed by atoms with Crippen LogP contribution in [-0.4, -0.2) is 22.2 Å². The normalized spacial score (nSPS) is 10.4. The number of carboxylic acids is 2. The minimum atomic E-state index is -1.24. The molecule has 86 valence electrons. The molecule has 2 aromatic carbocycles. The van der Waals surface area contributed by atoms with Crippen LogP contribution < -0.4 is 0 Å². The summed E-state index contributed by atoms with van der Waals surface area (Å²) in [4.78, 5) is 22.1. The lowest BCUT2D eigenvalue weighted by molar-refractivity contribution is 0.0653. The molecule has 0 aliphatic carbocycles. The van der Waals surface area contributed by atoms with Crippen LogP contribution in [0, 0.1) is 0 Å². The number of fused-ring (bicyclic) bond motifs is 1. The van der Waals surface area contributed by atoms with Gasteiger partial charge in [-0.05, 0) is 29.0 Å². The second kappa shape index (κ2) is 4.18. The molecule has 0 aliphatic rings. The molecule has 0 heterocycles. The van der Waals surface area contributed by atoms with Gasteiger partial charge in [0.2, 0.25) is 0 Å². The Hall–Kier alpha value is -1.88. The fraction of sp³-hybridized carbons (Fsp3) is 0. The molecule has 2 N–H and O–H groups in total. The van der Waals surface area contributed by atoms with E-state index in [-0.39, 0.29) is 11.1 Å². The molecule has 0 spiro atoms. The lowest BCUT2D eigenvalue weighted by Gasteiger charge is -2.06. The quantitative estimate of drug-likeness (QED) is 0.893. The van der Waals surface area contributed by atoms with Gasteiger partial charge < -0.3 is 10.2 Å². The molecule has 0 bridgehead atoms. The van der Waals surface area contributed by atoms with Crippen molar-refractivity contribution in [3.63, 3.8) is 0 Å². The number of aromatic carboxylic acids is 2. The van der Waals surface area contributed by atoms with Crippen LogP contribution in [0.2, 0.25) is 0 Å². The van der Waals surface area contributed by atoms with Gasteiger partial charge in [0.15, 0.2) is 0 Å². The topological polar surface area (TPSA) is 74.6 Å². The number of carbonyl (C=O) groups is 2. The molecule has 2 rings (SSSR count). The van der Waals surface area contributed by atoms with Gasteiger partial charge in [0.1, 0.15) is 0 Å². The molecule has 0 radical (unpaired) electrons. The van der Waals surface area contributed by atoms with Crippen LogP contribution in [0.25, 0.3) is 10.8 Å². The zero-order valence-corrected chi connectivity index (χ0v) is 10.1. The van der Waals surface area contributed by atoms with E-state index >= 15 is 0 Å². The van der Waals surface area contributed by atoms with Crippen LogP contribution in [0.1, 0.15) is 20.7 Å². The Labute approximate surface area is 105 Å². The molecular weight excluding hydrogens is 288 g/mol. The first-order chi connectivity index (χ1) is 8.00. The van der Waals surface area contributed by atoms with Crippen LogP contribution >= 0.6 is 15.9 Å². The minimum Gasteiger partial charge on any atom is -0.478 e. The van der Waals surface area contributed by atoms with Gasteiger partial charge in [0.25, 0.3) is 0 Å². The van der Waals surface area contributed by atoms with Crippen molar-refractivity contribution in [3.05, 3.63) is 45.9 Å². The molecule has 0 saturated heterocycles. The number of hydrogen-bond donors (Lipinski definition) is 2. The van der Waals surface area contributed by atoms with E-state index in [1.807, 2.05) is 0 Å². The standard InChI is InChI=1S/C12H7BrO4/c13-7-2-4-8-6(5-7)1-3-9(11(14)15)10(8)12(16)17/h1-5H,(H,14,15)(H,16,17). The maximum atomic E-state index is 11.2. The third-order valence-corrected chi connectivity index (χ3v) is 2.92. The zero-order chi connectivity index (χ0) is 12.6. The molecule has 0 amide bonds. The first-order valence-corrected chi connectivity index (χ1v) is 5.49. The number of benzene rings is 2. The van der Waals surface area contributed by atoms with Crippen LogP contribution in [0.15, 0.2) is 34.8 Å². The van der Waals surface area contributed by atoms with Gasteiger partial charge in [-0.1, -0.05) is 28.1 Å². The predicted molar refractivity (Wildman–Crippen MR) is 65.6 cm³/mol. The Morgan fingerprint density at radius 2 is 1.71 bits per heavy atom. The molecule has 0 saturated carbocycles. The Balaban J connectivity index is 2.89. The molecular formula is C12H7BrO4. The Morgan fingerprint density at radius 3 is 2.29 bits per heavy atom. The summed E-state index contributed by atoms with van der Waals surface area (Å²) in [6.45, 7) is 0. The highest BCUT2D eigenvalue weighted by Crippen LogP contribution is 2.25. The number of halogens is 1. The lowest BCUT2D eigenvalue weighted by Crippen LogP contribution is -2.08. The van der Waals surface area contributed by atoms with Crippen molar-refractivity contribution in [2.45, 2.75) is 0 Å². The van der Waals surface area contributed by atoms with E-state index in [4.69, 9.17) is 10.2 Å². The SMILES string of the molecule is O=C(O)c1ccc2cc(Br)ccc2c1C(=O)O. The molecule has 0 atom stereocenters. The smallest absolute Gasteiger partial charge is 0.337 e. The van der Waals surface area contributed by atoms with E-state index in [0.29, 0.717) is 10.8 Å². The van der Waals surface area contributed by atoms with Crippen LogP contribution in [0.5, 0.6) is 0 Å². The summed E-state index contributed by atoms with van der Waals surface area (Å²) >= 11 is 3.28. The highest BCUT2D eigenvalue weighted by molar-refractivity contribution is 9.10. The summed E-state index contributed by atoms with van der Waals surface area (Å²) in [5, 5.41) is 19.2. The second-order valence-electron chi connectivity index (χ2n) is 3.46.